The summed E-state index contributed by atoms with van der Waals surface area (Å²) in [4.78, 5) is 32.4. The number of carbonyl (C=O) groups excluding carboxylic acids is 3. The third-order valence-corrected chi connectivity index (χ3v) is 1.91. The van der Waals surface area contributed by atoms with Crippen LogP contribution in [-0.2, 0) is 14.4 Å². The van der Waals surface area contributed by atoms with Gasteiger partial charge in [0.2, 0.25) is 11.8 Å². The fourth-order valence-corrected chi connectivity index (χ4v) is 1.19. The molecule has 15 heavy (non-hydrogen) atoms. The minimum absolute atomic E-state index is 0.0620. The van der Waals surface area contributed by atoms with Crippen LogP contribution >= 0.6 is 0 Å². The van der Waals surface area contributed by atoms with Gasteiger partial charge in [-0.1, -0.05) is 0 Å². The van der Waals surface area contributed by atoms with E-state index in [-0.39, 0.29) is 17.6 Å². The number of hydrogen-bond donors (Lipinski definition) is 2. The SMILES string of the molecule is CC(=O)NCCCC(NC(C)=O)C(C)=O. The maximum atomic E-state index is 11.1. The summed E-state index contributed by atoms with van der Waals surface area (Å²) < 4.78 is 0. The molecule has 5 nitrogen and oxygen atoms in total. The first-order valence-electron chi connectivity index (χ1n) is 4.95. The molecule has 2 amide bonds. The van der Waals surface area contributed by atoms with E-state index < -0.39 is 6.04 Å². The fourth-order valence-electron chi connectivity index (χ4n) is 1.19. The number of amides is 2. The average molecular weight is 214 g/mol. The summed E-state index contributed by atoms with van der Waals surface area (Å²) in [6.07, 6.45) is 1.22. The highest BCUT2D eigenvalue weighted by atomic mass is 16.2. The van der Waals surface area contributed by atoms with E-state index in [1.165, 1.54) is 20.8 Å². The molecule has 0 aromatic rings. The normalized spacial score (nSPS) is 11.7. The number of rotatable bonds is 6. The van der Waals surface area contributed by atoms with Crippen molar-refractivity contribution in [3.05, 3.63) is 0 Å². The molecule has 0 aromatic heterocycles. The van der Waals surface area contributed by atoms with Gasteiger partial charge < -0.3 is 10.6 Å². The van der Waals surface area contributed by atoms with Crippen molar-refractivity contribution in [1.82, 2.24) is 10.6 Å². The first-order chi connectivity index (χ1) is 6.93. The average Bonchev–Trinajstić information content (AvgIpc) is 2.08. The third-order valence-electron chi connectivity index (χ3n) is 1.91. The first-order valence-corrected chi connectivity index (χ1v) is 4.95. The van der Waals surface area contributed by atoms with E-state index in [1.807, 2.05) is 0 Å². The maximum absolute atomic E-state index is 11.1. The Morgan fingerprint density at radius 3 is 2.07 bits per heavy atom. The zero-order valence-electron chi connectivity index (χ0n) is 9.42. The van der Waals surface area contributed by atoms with Crippen LogP contribution in [0, 0.1) is 0 Å². The summed E-state index contributed by atoms with van der Waals surface area (Å²) in [6, 6.07) is -0.434. The minimum Gasteiger partial charge on any atom is -0.356 e. The molecule has 1 unspecified atom stereocenters. The lowest BCUT2D eigenvalue weighted by atomic mass is 10.1. The Labute approximate surface area is 89.6 Å². The van der Waals surface area contributed by atoms with E-state index in [0.717, 1.165) is 0 Å². The Morgan fingerprint density at radius 1 is 1.07 bits per heavy atom. The van der Waals surface area contributed by atoms with Crippen LogP contribution in [0.4, 0.5) is 0 Å². The molecule has 1 atom stereocenters. The molecule has 0 radical (unpaired) electrons. The van der Waals surface area contributed by atoms with Crippen molar-refractivity contribution in [2.75, 3.05) is 6.54 Å². The summed E-state index contributed by atoms with van der Waals surface area (Å²) in [7, 11) is 0. The maximum Gasteiger partial charge on any atom is 0.217 e. The zero-order chi connectivity index (χ0) is 11.8. The fraction of sp³-hybridized carbons (Fsp3) is 0.700. The smallest absolute Gasteiger partial charge is 0.217 e. The van der Waals surface area contributed by atoms with Crippen LogP contribution < -0.4 is 10.6 Å². The molecule has 0 aliphatic heterocycles. The van der Waals surface area contributed by atoms with Crippen molar-refractivity contribution in [2.24, 2.45) is 0 Å². The number of Topliss-reactive ketones (excluding diaryl/α,β-unsaturated/α-hetero) is 1. The quantitative estimate of drug-likeness (QED) is 0.611. The van der Waals surface area contributed by atoms with E-state index in [2.05, 4.69) is 10.6 Å². The highest BCUT2D eigenvalue weighted by molar-refractivity contribution is 5.86. The van der Waals surface area contributed by atoms with E-state index >= 15 is 0 Å². The van der Waals surface area contributed by atoms with Gasteiger partial charge in [0.15, 0.2) is 5.78 Å². The van der Waals surface area contributed by atoms with Crippen LogP contribution in [0.15, 0.2) is 0 Å². The Balaban J connectivity index is 3.81. The van der Waals surface area contributed by atoms with Gasteiger partial charge in [0.25, 0.3) is 0 Å². The number of nitrogens with one attached hydrogen (secondary N) is 2. The molecule has 0 spiro atoms. The molecule has 0 fully saturated rings. The largest absolute Gasteiger partial charge is 0.356 e. The van der Waals surface area contributed by atoms with Crippen molar-refractivity contribution < 1.29 is 14.4 Å². The Hall–Kier alpha value is -1.39. The van der Waals surface area contributed by atoms with Crippen LogP contribution in [-0.4, -0.2) is 30.2 Å². The lowest BCUT2D eigenvalue weighted by molar-refractivity contribution is -0.125. The summed E-state index contributed by atoms with van der Waals surface area (Å²) in [5, 5.41) is 5.20. The highest BCUT2D eigenvalue weighted by Gasteiger charge is 2.14. The van der Waals surface area contributed by atoms with Gasteiger partial charge in [0.05, 0.1) is 6.04 Å². The van der Waals surface area contributed by atoms with Gasteiger partial charge in [-0.25, -0.2) is 0 Å². The second-order valence-corrected chi connectivity index (χ2v) is 3.49. The molecule has 0 bridgehead atoms. The molecule has 0 heterocycles. The molecule has 2 N–H and O–H groups in total. The number of hydrogen-bond acceptors (Lipinski definition) is 3. The summed E-state index contributed by atoms with van der Waals surface area (Å²) in [5.41, 5.74) is 0. The van der Waals surface area contributed by atoms with Crippen molar-refractivity contribution >= 4 is 17.6 Å². The Bertz CT molecular complexity index is 251. The van der Waals surface area contributed by atoms with Crippen molar-refractivity contribution in [1.29, 1.82) is 0 Å². The predicted molar refractivity (Wildman–Crippen MR) is 56.2 cm³/mol. The Morgan fingerprint density at radius 2 is 1.67 bits per heavy atom. The number of ketones is 1. The Kier molecular flexibility index (Phi) is 6.33. The third kappa shape index (κ3) is 7.66. The molecule has 0 rings (SSSR count). The van der Waals surface area contributed by atoms with Gasteiger partial charge in [-0.2, -0.15) is 0 Å². The van der Waals surface area contributed by atoms with Gasteiger partial charge in [0.1, 0.15) is 0 Å². The topological polar surface area (TPSA) is 75.3 Å². The van der Waals surface area contributed by atoms with Crippen LogP contribution in [0.25, 0.3) is 0 Å². The zero-order valence-corrected chi connectivity index (χ0v) is 9.42. The predicted octanol–water partition coefficient (Wildman–Crippen LogP) is -0.00360. The molecule has 0 saturated heterocycles. The summed E-state index contributed by atoms with van der Waals surface area (Å²) >= 11 is 0. The van der Waals surface area contributed by atoms with Gasteiger partial charge in [-0.3, -0.25) is 14.4 Å². The summed E-state index contributed by atoms with van der Waals surface area (Å²) in [5.74, 6) is -0.364. The lowest BCUT2D eigenvalue weighted by Crippen LogP contribution is -2.39. The van der Waals surface area contributed by atoms with E-state index in [1.54, 1.807) is 0 Å². The highest BCUT2D eigenvalue weighted by Crippen LogP contribution is 1.98. The van der Waals surface area contributed by atoms with Gasteiger partial charge in [-0.05, 0) is 19.8 Å². The molecule has 0 aliphatic rings. The van der Waals surface area contributed by atoms with Crippen molar-refractivity contribution in [2.45, 2.75) is 39.7 Å². The van der Waals surface area contributed by atoms with Crippen molar-refractivity contribution in [3.63, 3.8) is 0 Å². The van der Waals surface area contributed by atoms with E-state index in [4.69, 9.17) is 0 Å². The van der Waals surface area contributed by atoms with Gasteiger partial charge >= 0.3 is 0 Å². The molecule has 0 aliphatic carbocycles. The van der Waals surface area contributed by atoms with Crippen LogP contribution in [0.1, 0.15) is 33.6 Å². The monoisotopic (exact) mass is 214 g/mol. The lowest BCUT2D eigenvalue weighted by Gasteiger charge is -2.14. The molecular formula is C10H18N2O3. The van der Waals surface area contributed by atoms with Gasteiger partial charge in [-0.15, -0.1) is 0 Å². The molecule has 5 heteroatoms. The second-order valence-electron chi connectivity index (χ2n) is 3.49. The molecule has 0 saturated carbocycles. The second kappa shape index (κ2) is 6.98. The molecule has 0 aromatic carbocycles. The summed E-state index contributed by atoms with van der Waals surface area (Å²) in [6.45, 7) is 4.79. The molecule has 86 valence electrons. The van der Waals surface area contributed by atoms with Crippen LogP contribution in [0.5, 0.6) is 0 Å². The van der Waals surface area contributed by atoms with Crippen molar-refractivity contribution in [3.8, 4) is 0 Å². The number of carbonyl (C=O) groups is 3. The minimum atomic E-state index is -0.434. The van der Waals surface area contributed by atoms with Crippen LogP contribution in [0.3, 0.4) is 0 Å². The van der Waals surface area contributed by atoms with E-state index in [9.17, 15) is 14.4 Å². The van der Waals surface area contributed by atoms with Crippen LogP contribution in [0.2, 0.25) is 0 Å². The van der Waals surface area contributed by atoms with E-state index in [0.29, 0.717) is 19.4 Å². The molecular weight excluding hydrogens is 196 g/mol. The standard InChI is InChI=1S/C10H18N2O3/c1-7(13)10(12-9(3)15)5-4-6-11-8(2)14/h10H,4-6H2,1-3H3,(H,11,14)(H,12,15). The van der Waals surface area contributed by atoms with Gasteiger partial charge in [0, 0.05) is 20.4 Å². The first kappa shape index (κ1) is 13.6.